The summed E-state index contributed by atoms with van der Waals surface area (Å²) in [5.41, 5.74) is 16.8. The molecule has 0 aliphatic rings. The predicted octanol–water partition coefficient (Wildman–Crippen LogP) is -3.22. The molecular formula is C21H33N7O7S. The Morgan fingerprint density at radius 3 is 2.03 bits per heavy atom. The van der Waals surface area contributed by atoms with Crippen molar-refractivity contribution in [2.75, 3.05) is 18.9 Å². The third-order valence-electron chi connectivity index (χ3n) is 4.93. The highest BCUT2D eigenvalue weighted by Gasteiger charge is 2.29. The molecule has 0 heterocycles. The molecule has 3 amide bonds. The SMILES string of the molecule is NC(N)=NCCCC(N)C(=O)NC(CO)C(=O)NC(CS)C(=O)NC(Cc1ccc(O)cc1)C(=O)O. The number of phenols is 1. The molecule has 4 unspecified atom stereocenters. The van der Waals surface area contributed by atoms with Crippen molar-refractivity contribution in [3.05, 3.63) is 29.8 Å². The van der Waals surface area contributed by atoms with E-state index in [1.54, 1.807) is 0 Å². The fraction of sp³-hybridized carbons (Fsp3) is 0.476. The molecule has 0 radical (unpaired) electrons. The van der Waals surface area contributed by atoms with Crippen molar-refractivity contribution in [1.82, 2.24) is 16.0 Å². The zero-order valence-electron chi connectivity index (χ0n) is 19.5. The Balaban J connectivity index is 2.70. The monoisotopic (exact) mass is 527 g/mol. The number of nitrogens with one attached hydrogen (secondary N) is 3. The molecular weight excluding hydrogens is 494 g/mol. The maximum atomic E-state index is 12.6. The lowest BCUT2D eigenvalue weighted by molar-refractivity contribution is -0.142. The number of rotatable bonds is 15. The Kier molecular flexibility index (Phi) is 13.1. The molecule has 0 saturated carbocycles. The zero-order valence-corrected chi connectivity index (χ0v) is 20.4. The van der Waals surface area contributed by atoms with E-state index in [2.05, 4.69) is 33.6 Å². The third-order valence-corrected chi connectivity index (χ3v) is 5.29. The van der Waals surface area contributed by atoms with Crippen molar-refractivity contribution in [1.29, 1.82) is 0 Å². The summed E-state index contributed by atoms with van der Waals surface area (Å²) in [6, 6.07) is 0.779. The van der Waals surface area contributed by atoms with Crippen molar-refractivity contribution in [2.24, 2.45) is 22.2 Å². The van der Waals surface area contributed by atoms with Gasteiger partial charge in [0.15, 0.2) is 5.96 Å². The van der Waals surface area contributed by atoms with Crippen LogP contribution in [0.4, 0.5) is 0 Å². The number of hydrogen-bond acceptors (Lipinski definition) is 9. The topological polar surface area (TPSA) is 255 Å². The van der Waals surface area contributed by atoms with Crippen LogP contribution >= 0.6 is 12.6 Å². The van der Waals surface area contributed by atoms with Gasteiger partial charge in [0, 0.05) is 18.7 Å². The van der Waals surface area contributed by atoms with E-state index in [1.165, 1.54) is 24.3 Å². The Bertz CT molecular complexity index is 926. The first-order valence-electron chi connectivity index (χ1n) is 10.9. The standard InChI is InChI=1S/C21H33N7O7S/c22-13(2-1-7-25-21(23)24)17(31)27-15(9-29)18(32)28-16(10-36)19(33)26-14(20(34)35)8-11-3-5-12(30)6-4-11/h3-6,13-16,29-30,36H,1-2,7-10,22H2,(H,26,33)(H,27,31)(H,28,32)(H,34,35)(H4,23,24,25). The molecule has 36 heavy (non-hydrogen) atoms. The van der Waals surface area contributed by atoms with Crippen LogP contribution in [0.2, 0.25) is 0 Å². The predicted molar refractivity (Wildman–Crippen MR) is 134 cm³/mol. The molecule has 0 spiro atoms. The van der Waals surface area contributed by atoms with Crippen molar-refractivity contribution in [3.8, 4) is 5.75 Å². The van der Waals surface area contributed by atoms with Gasteiger partial charge in [0.05, 0.1) is 12.6 Å². The van der Waals surface area contributed by atoms with Gasteiger partial charge >= 0.3 is 5.97 Å². The summed E-state index contributed by atoms with van der Waals surface area (Å²) in [5, 5.41) is 35.3. The quantitative estimate of drug-likeness (QED) is 0.0472. The molecule has 0 aromatic heterocycles. The summed E-state index contributed by atoms with van der Waals surface area (Å²) in [5.74, 6) is -4.02. The fourth-order valence-electron chi connectivity index (χ4n) is 2.93. The number of carboxylic acids is 1. The summed E-state index contributed by atoms with van der Waals surface area (Å²) in [7, 11) is 0. The minimum atomic E-state index is -1.41. The van der Waals surface area contributed by atoms with E-state index >= 15 is 0 Å². The number of carbonyl (C=O) groups excluding carboxylic acids is 3. The minimum absolute atomic E-state index is 0.00457. The first-order chi connectivity index (χ1) is 17.0. The second kappa shape index (κ2) is 15.4. The van der Waals surface area contributed by atoms with Gasteiger partial charge in [-0.25, -0.2) is 4.79 Å². The van der Waals surface area contributed by atoms with Gasteiger partial charge in [-0.05, 0) is 30.5 Å². The van der Waals surface area contributed by atoms with E-state index in [0.29, 0.717) is 12.0 Å². The maximum absolute atomic E-state index is 12.6. The van der Waals surface area contributed by atoms with Gasteiger partial charge in [-0.15, -0.1) is 0 Å². The number of aliphatic hydroxyl groups excluding tert-OH is 1. The van der Waals surface area contributed by atoms with Gasteiger partial charge in [-0.3, -0.25) is 19.4 Å². The number of carboxylic acid groups (broad SMARTS) is 1. The van der Waals surface area contributed by atoms with Gasteiger partial charge < -0.3 is 48.5 Å². The first-order valence-corrected chi connectivity index (χ1v) is 11.6. The average molecular weight is 528 g/mol. The first kappa shape index (κ1) is 30.5. The highest BCUT2D eigenvalue weighted by atomic mass is 32.1. The van der Waals surface area contributed by atoms with Crippen molar-refractivity contribution in [3.63, 3.8) is 0 Å². The van der Waals surface area contributed by atoms with Gasteiger partial charge in [0.25, 0.3) is 0 Å². The third kappa shape index (κ3) is 10.8. The Morgan fingerprint density at radius 1 is 0.944 bits per heavy atom. The summed E-state index contributed by atoms with van der Waals surface area (Å²) in [4.78, 5) is 52.8. The lowest BCUT2D eigenvalue weighted by atomic mass is 10.1. The molecule has 0 aliphatic heterocycles. The van der Waals surface area contributed by atoms with Crippen LogP contribution in [0.1, 0.15) is 18.4 Å². The van der Waals surface area contributed by atoms with Crippen LogP contribution in [-0.2, 0) is 25.6 Å². The molecule has 14 nitrogen and oxygen atoms in total. The molecule has 0 bridgehead atoms. The molecule has 15 heteroatoms. The van der Waals surface area contributed by atoms with Crippen molar-refractivity contribution in [2.45, 2.75) is 43.4 Å². The highest BCUT2D eigenvalue weighted by Crippen LogP contribution is 2.11. The number of carbonyl (C=O) groups is 4. The van der Waals surface area contributed by atoms with Crippen LogP contribution in [0.25, 0.3) is 0 Å². The normalized spacial score (nSPS) is 14.0. The summed E-state index contributed by atoms with van der Waals surface area (Å²) in [6.45, 7) is -0.520. The van der Waals surface area contributed by atoms with E-state index in [4.69, 9.17) is 17.2 Å². The summed E-state index contributed by atoms with van der Waals surface area (Å²) < 4.78 is 0. The number of hydrogen-bond donors (Lipinski definition) is 10. The Hall–Kier alpha value is -3.56. The van der Waals surface area contributed by atoms with E-state index in [9.17, 15) is 34.5 Å². The van der Waals surface area contributed by atoms with Gasteiger partial charge in [-0.2, -0.15) is 12.6 Å². The molecule has 1 aromatic rings. The van der Waals surface area contributed by atoms with Crippen LogP contribution in [0.15, 0.2) is 29.3 Å². The summed E-state index contributed by atoms with van der Waals surface area (Å²) in [6.07, 6.45) is 0.534. The fourth-order valence-corrected chi connectivity index (χ4v) is 3.19. The highest BCUT2D eigenvalue weighted by molar-refractivity contribution is 7.80. The molecule has 0 saturated heterocycles. The van der Waals surface area contributed by atoms with Gasteiger partial charge in [0.1, 0.15) is 23.9 Å². The number of amides is 3. The van der Waals surface area contributed by atoms with Gasteiger partial charge in [-0.1, -0.05) is 12.1 Å². The van der Waals surface area contributed by atoms with Crippen molar-refractivity contribution >= 4 is 42.3 Å². The minimum Gasteiger partial charge on any atom is -0.508 e. The van der Waals surface area contributed by atoms with E-state index in [-0.39, 0.29) is 36.8 Å². The van der Waals surface area contributed by atoms with Crippen molar-refractivity contribution < 1.29 is 34.5 Å². The number of guanidine groups is 1. The van der Waals surface area contributed by atoms with Crippen LogP contribution in [0.5, 0.6) is 5.75 Å². The number of aliphatic hydroxyl groups is 1. The number of thiol groups is 1. The smallest absolute Gasteiger partial charge is 0.326 e. The lowest BCUT2D eigenvalue weighted by Gasteiger charge is -2.23. The lowest BCUT2D eigenvalue weighted by Crippen LogP contribution is -2.58. The Morgan fingerprint density at radius 2 is 1.50 bits per heavy atom. The largest absolute Gasteiger partial charge is 0.508 e. The molecule has 1 rings (SSSR count). The maximum Gasteiger partial charge on any atom is 0.326 e. The molecule has 1 aromatic carbocycles. The number of phenolic OH excluding ortho intramolecular Hbond substituents is 1. The molecule has 12 N–H and O–H groups in total. The zero-order chi connectivity index (χ0) is 27.3. The number of aliphatic carboxylic acids is 1. The molecule has 4 atom stereocenters. The van der Waals surface area contributed by atoms with E-state index < -0.39 is 54.5 Å². The average Bonchev–Trinajstić information content (AvgIpc) is 2.83. The molecule has 0 aliphatic carbocycles. The van der Waals surface area contributed by atoms with Crippen LogP contribution in [0.3, 0.4) is 0 Å². The van der Waals surface area contributed by atoms with Crippen LogP contribution in [0, 0.1) is 0 Å². The number of benzene rings is 1. The number of nitrogens with zero attached hydrogens (tertiary/aromatic N) is 1. The second-order valence-electron chi connectivity index (χ2n) is 7.81. The number of aliphatic imine (C=N–C) groups is 1. The summed E-state index contributed by atoms with van der Waals surface area (Å²) >= 11 is 4.03. The van der Waals surface area contributed by atoms with E-state index in [1.807, 2.05) is 0 Å². The molecule has 200 valence electrons. The van der Waals surface area contributed by atoms with Gasteiger partial charge in [0.2, 0.25) is 17.7 Å². The second-order valence-corrected chi connectivity index (χ2v) is 8.18. The number of aromatic hydroxyl groups is 1. The Labute approximate surface area is 213 Å². The molecule has 0 fully saturated rings. The van der Waals surface area contributed by atoms with E-state index in [0.717, 1.165) is 0 Å². The van der Waals surface area contributed by atoms with Crippen LogP contribution in [-0.4, -0.2) is 88.0 Å². The number of nitrogens with two attached hydrogens (primary N) is 3. The van der Waals surface area contributed by atoms with Crippen LogP contribution < -0.4 is 33.2 Å².